The number of oxime groups is 1. The number of halogens is 2. The molecule has 0 aromatic carbocycles. The molecule has 0 amide bonds. The third-order valence-electron chi connectivity index (χ3n) is 3.51. The Morgan fingerprint density at radius 1 is 1.42 bits per heavy atom. The van der Waals surface area contributed by atoms with Gasteiger partial charge in [0.2, 0.25) is 0 Å². The van der Waals surface area contributed by atoms with Crippen LogP contribution >= 0.6 is 0 Å². The number of aliphatic hydroxyl groups excluding tert-OH is 1. The van der Waals surface area contributed by atoms with Crippen LogP contribution in [0.4, 0.5) is 8.78 Å². The van der Waals surface area contributed by atoms with Crippen molar-refractivity contribution in [3.05, 3.63) is 47.1 Å². The molecular weight excluding hydrogens is 314 g/mol. The predicted octanol–water partition coefficient (Wildman–Crippen LogP) is 4.02. The fourth-order valence-electron chi connectivity index (χ4n) is 2.30. The highest BCUT2D eigenvalue weighted by Gasteiger charge is 2.29. The zero-order valence-electron chi connectivity index (χ0n) is 14.9. The molecule has 1 heterocycles. The molecule has 0 radical (unpaired) electrons. The normalized spacial score (nSPS) is 21.2. The molecule has 1 N–H and O–H groups in total. The summed E-state index contributed by atoms with van der Waals surface area (Å²) >= 11 is 0. The molecule has 0 aliphatic carbocycles. The van der Waals surface area contributed by atoms with E-state index in [4.69, 9.17) is 4.84 Å². The SMILES string of the molecule is CC(C)=CC1=NOCC(C(/C=C/F)=C/C(C)=C(\C)F)N1CC(C)O. The minimum absolute atomic E-state index is 0.182. The molecule has 2 atom stereocenters. The molecule has 2 unspecified atom stereocenters. The second kappa shape index (κ2) is 9.37. The summed E-state index contributed by atoms with van der Waals surface area (Å²) < 4.78 is 26.3. The van der Waals surface area contributed by atoms with Crippen molar-refractivity contribution < 1.29 is 18.7 Å². The van der Waals surface area contributed by atoms with Gasteiger partial charge in [-0.2, -0.15) is 0 Å². The van der Waals surface area contributed by atoms with E-state index in [1.54, 1.807) is 19.9 Å². The molecule has 6 heteroatoms. The summed E-state index contributed by atoms with van der Waals surface area (Å²) in [4.78, 5) is 7.13. The van der Waals surface area contributed by atoms with Gasteiger partial charge in [-0.25, -0.2) is 8.78 Å². The van der Waals surface area contributed by atoms with Crippen molar-refractivity contribution in [3.63, 3.8) is 0 Å². The second-order valence-corrected chi connectivity index (χ2v) is 6.14. The monoisotopic (exact) mass is 340 g/mol. The van der Waals surface area contributed by atoms with Gasteiger partial charge in [0.15, 0.2) is 5.84 Å². The highest BCUT2D eigenvalue weighted by molar-refractivity contribution is 5.94. The minimum atomic E-state index is -0.614. The first-order chi connectivity index (χ1) is 11.3. The van der Waals surface area contributed by atoms with Gasteiger partial charge in [-0.1, -0.05) is 16.8 Å². The first kappa shape index (κ1) is 20.1. The number of hydrogen-bond donors (Lipinski definition) is 1. The molecule has 1 aliphatic heterocycles. The van der Waals surface area contributed by atoms with Crippen molar-refractivity contribution in [2.75, 3.05) is 13.2 Å². The van der Waals surface area contributed by atoms with Gasteiger partial charge in [-0.05, 0) is 57.9 Å². The lowest BCUT2D eigenvalue weighted by Gasteiger charge is -2.37. The maximum absolute atomic E-state index is 13.4. The third kappa shape index (κ3) is 5.92. The summed E-state index contributed by atoms with van der Waals surface area (Å²) in [6.07, 6.45) is 4.49. The molecule has 1 aliphatic rings. The van der Waals surface area contributed by atoms with E-state index in [0.29, 0.717) is 29.9 Å². The Hall–Kier alpha value is -1.95. The lowest BCUT2D eigenvalue weighted by Crippen LogP contribution is -2.49. The van der Waals surface area contributed by atoms with Crippen molar-refractivity contribution >= 4 is 5.84 Å². The number of amidine groups is 1. The summed E-state index contributed by atoms with van der Waals surface area (Å²) in [5.74, 6) is 0.209. The molecule has 0 bridgehead atoms. The Kier molecular flexibility index (Phi) is 7.85. The maximum Gasteiger partial charge on any atom is 0.168 e. The van der Waals surface area contributed by atoms with Crippen LogP contribution in [0.15, 0.2) is 52.3 Å². The smallest absolute Gasteiger partial charge is 0.168 e. The van der Waals surface area contributed by atoms with Crippen LogP contribution < -0.4 is 0 Å². The highest BCUT2D eigenvalue weighted by atomic mass is 19.1. The van der Waals surface area contributed by atoms with Gasteiger partial charge >= 0.3 is 0 Å². The van der Waals surface area contributed by atoms with Crippen molar-refractivity contribution in [3.8, 4) is 0 Å². The average molecular weight is 340 g/mol. The summed E-state index contributed by atoms with van der Waals surface area (Å²) in [6.45, 7) is 8.96. The zero-order valence-corrected chi connectivity index (χ0v) is 14.9. The van der Waals surface area contributed by atoms with Gasteiger partial charge in [-0.15, -0.1) is 0 Å². The summed E-state index contributed by atoms with van der Waals surface area (Å²) in [7, 11) is 0. The molecule has 134 valence electrons. The quantitative estimate of drug-likeness (QED) is 0.743. The van der Waals surface area contributed by atoms with Crippen molar-refractivity contribution in [2.24, 2.45) is 5.16 Å². The molecule has 0 aromatic rings. The summed E-state index contributed by atoms with van der Waals surface area (Å²) in [5, 5.41) is 13.9. The molecular formula is C18H26F2N2O2. The van der Waals surface area contributed by atoms with Crippen LogP contribution in [0.2, 0.25) is 0 Å². The average Bonchev–Trinajstić information content (AvgIpc) is 2.47. The van der Waals surface area contributed by atoms with Crippen molar-refractivity contribution in [2.45, 2.75) is 46.8 Å². The first-order valence-corrected chi connectivity index (χ1v) is 7.87. The van der Waals surface area contributed by atoms with Gasteiger partial charge < -0.3 is 14.8 Å². The Labute approximate surface area is 142 Å². The van der Waals surface area contributed by atoms with Gasteiger partial charge in [0.05, 0.1) is 24.3 Å². The Morgan fingerprint density at radius 2 is 2.08 bits per heavy atom. The van der Waals surface area contributed by atoms with E-state index in [-0.39, 0.29) is 18.5 Å². The number of hydrogen-bond acceptors (Lipinski definition) is 4. The zero-order chi connectivity index (χ0) is 18.3. The van der Waals surface area contributed by atoms with E-state index >= 15 is 0 Å². The number of β-amino-alcohol motifs (C(OH)–C–C–N with tert-alkyl or cyclic N) is 1. The maximum atomic E-state index is 13.4. The standard InChI is InChI=1S/C18H26F2N2O2/c1-12(2)8-18-21-24-11-17(22(18)10-14(4)23)16(6-7-19)9-13(3)15(5)20/h6-9,14,17,23H,10-11H2,1-5H3/b7-6+,15-13+,16-9+. The Bertz CT molecular complexity index is 582. The Balaban J connectivity index is 3.32. The Morgan fingerprint density at radius 3 is 2.58 bits per heavy atom. The molecule has 0 fully saturated rings. The van der Waals surface area contributed by atoms with Crippen LogP contribution in [0.5, 0.6) is 0 Å². The molecule has 0 saturated carbocycles. The number of nitrogens with zero attached hydrogens (tertiary/aromatic N) is 2. The van der Waals surface area contributed by atoms with E-state index < -0.39 is 6.10 Å². The topological polar surface area (TPSA) is 45.1 Å². The van der Waals surface area contributed by atoms with Crippen molar-refractivity contribution in [1.82, 2.24) is 4.90 Å². The van der Waals surface area contributed by atoms with Crippen LogP contribution in [0.25, 0.3) is 0 Å². The number of aliphatic hydroxyl groups is 1. The van der Waals surface area contributed by atoms with E-state index in [9.17, 15) is 13.9 Å². The van der Waals surface area contributed by atoms with Gasteiger partial charge in [0.25, 0.3) is 0 Å². The van der Waals surface area contributed by atoms with Gasteiger partial charge in [-0.3, -0.25) is 0 Å². The first-order valence-electron chi connectivity index (χ1n) is 7.87. The molecule has 4 nitrogen and oxygen atoms in total. The number of allylic oxidation sites excluding steroid dienone is 4. The minimum Gasteiger partial charge on any atom is -0.392 e. The second-order valence-electron chi connectivity index (χ2n) is 6.14. The van der Waals surface area contributed by atoms with Gasteiger partial charge in [0, 0.05) is 6.54 Å². The summed E-state index contributed by atoms with van der Waals surface area (Å²) in [6, 6.07) is -0.385. The van der Waals surface area contributed by atoms with Crippen LogP contribution in [0.3, 0.4) is 0 Å². The van der Waals surface area contributed by atoms with E-state index in [2.05, 4.69) is 5.16 Å². The lowest BCUT2D eigenvalue weighted by molar-refractivity contribution is 0.0573. The van der Waals surface area contributed by atoms with Crippen LogP contribution in [0.1, 0.15) is 34.6 Å². The van der Waals surface area contributed by atoms with Crippen LogP contribution in [-0.4, -0.2) is 41.1 Å². The molecule has 0 aromatic heterocycles. The molecule has 0 spiro atoms. The van der Waals surface area contributed by atoms with Crippen LogP contribution in [0, 0.1) is 0 Å². The highest BCUT2D eigenvalue weighted by Crippen LogP contribution is 2.22. The molecule has 24 heavy (non-hydrogen) atoms. The predicted molar refractivity (Wildman–Crippen MR) is 92.8 cm³/mol. The fourth-order valence-corrected chi connectivity index (χ4v) is 2.30. The lowest BCUT2D eigenvalue weighted by atomic mass is 10.0. The molecule has 0 saturated heterocycles. The number of rotatable bonds is 6. The third-order valence-corrected chi connectivity index (χ3v) is 3.51. The summed E-state index contributed by atoms with van der Waals surface area (Å²) in [5.41, 5.74) is 1.96. The van der Waals surface area contributed by atoms with Crippen LogP contribution in [-0.2, 0) is 4.84 Å². The van der Waals surface area contributed by atoms with E-state index in [1.165, 1.54) is 13.0 Å². The fraction of sp³-hybridized carbons (Fsp3) is 0.500. The van der Waals surface area contributed by atoms with E-state index in [0.717, 1.165) is 5.57 Å². The largest absolute Gasteiger partial charge is 0.392 e. The van der Waals surface area contributed by atoms with Gasteiger partial charge in [0.1, 0.15) is 6.61 Å². The van der Waals surface area contributed by atoms with Crippen molar-refractivity contribution in [1.29, 1.82) is 0 Å². The molecule has 1 rings (SSSR count). The van der Waals surface area contributed by atoms with E-state index in [1.807, 2.05) is 24.8 Å².